The number of nitrogens with zero attached hydrogens (tertiary/aromatic N) is 4. The summed E-state index contributed by atoms with van der Waals surface area (Å²) in [5.41, 5.74) is 6.76. The predicted molar refractivity (Wildman–Crippen MR) is 126 cm³/mol. The highest BCUT2D eigenvalue weighted by Crippen LogP contribution is 2.25. The highest BCUT2D eigenvalue weighted by Gasteiger charge is 2.29. The summed E-state index contributed by atoms with van der Waals surface area (Å²) in [7, 11) is 0. The highest BCUT2D eigenvalue weighted by molar-refractivity contribution is 5.74. The number of fused-ring (bicyclic) bond motifs is 1. The predicted octanol–water partition coefficient (Wildman–Crippen LogP) is 4.08. The molecule has 9 nitrogen and oxygen atoms in total. The van der Waals surface area contributed by atoms with E-state index in [1.807, 2.05) is 37.3 Å². The van der Waals surface area contributed by atoms with Crippen LogP contribution >= 0.6 is 0 Å². The van der Waals surface area contributed by atoms with E-state index < -0.39 is 12.1 Å². The second-order valence-corrected chi connectivity index (χ2v) is 8.25. The molecule has 178 valence electrons. The summed E-state index contributed by atoms with van der Waals surface area (Å²) in [4.78, 5) is 31.1. The van der Waals surface area contributed by atoms with Crippen molar-refractivity contribution in [1.29, 1.82) is 0 Å². The molecule has 1 aliphatic rings. The fraction of sp³-hybridized carbons (Fsp3) is 0.500. The Balaban J connectivity index is 0.000000690. The topological polar surface area (TPSA) is 127 Å². The van der Waals surface area contributed by atoms with Gasteiger partial charge in [0.2, 0.25) is 0 Å². The number of carbonyl (C=O) groups is 1. The average Bonchev–Trinajstić information content (AvgIpc) is 3.13. The van der Waals surface area contributed by atoms with Gasteiger partial charge in [0.15, 0.2) is 0 Å². The van der Waals surface area contributed by atoms with Crippen LogP contribution in [0.15, 0.2) is 39.6 Å². The van der Waals surface area contributed by atoms with Crippen molar-refractivity contribution >= 4 is 17.2 Å². The van der Waals surface area contributed by atoms with Crippen LogP contribution in [0.1, 0.15) is 68.6 Å². The third kappa shape index (κ3) is 5.78. The first-order valence-electron chi connectivity index (χ1n) is 11.6. The van der Waals surface area contributed by atoms with E-state index in [9.17, 15) is 14.7 Å². The minimum absolute atomic E-state index is 0.120. The molecular weight excluding hydrogens is 422 g/mol. The Kier molecular flexibility index (Phi) is 8.59. The van der Waals surface area contributed by atoms with E-state index in [0.717, 1.165) is 5.56 Å². The maximum Gasteiger partial charge on any atom is 0.407 e. The molecule has 1 amide bonds. The Labute approximate surface area is 193 Å². The Morgan fingerprint density at radius 1 is 1.24 bits per heavy atom. The van der Waals surface area contributed by atoms with E-state index in [2.05, 4.69) is 10.1 Å². The zero-order valence-corrected chi connectivity index (χ0v) is 19.4. The normalized spacial score (nSPS) is 13.7. The summed E-state index contributed by atoms with van der Waals surface area (Å²) in [6.45, 7) is 4.43. The third-order valence-corrected chi connectivity index (χ3v) is 5.89. The molecule has 4 rings (SSSR count). The lowest BCUT2D eigenvalue weighted by Gasteiger charge is -2.29. The number of hydrogen-bond donors (Lipinski definition) is 2. The van der Waals surface area contributed by atoms with Crippen molar-refractivity contribution in [2.75, 3.05) is 13.1 Å². The number of hydrogen-bond acceptors (Lipinski definition) is 6. The number of carboxylic acid groups (broad SMARTS) is 1. The zero-order valence-electron chi connectivity index (χ0n) is 19.4. The van der Waals surface area contributed by atoms with Gasteiger partial charge in [-0.2, -0.15) is 4.98 Å². The number of aromatic nitrogens is 3. The number of nitrogens with two attached hydrogens (primary N) is 1. The Morgan fingerprint density at radius 3 is 2.45 bits per heavy atom. The molecule has 2 heterocycles. The first-order chi connectivity index (χ1) is 16.0. The van der Waals surface area contributed by atoms with Crippen molar-refractivity contribution in [2.45, 2.75) is 65.0 Å². The molecule has 0 radical (unpaired) electrons. The van der Waals surface area contributed by atoms with Gasteiger partial charge in [-0.1, -0.05) is 68.1 Å². The highest BCUT2D eigenvalue weighted by atomic mass is 16.5. The standard InChI is InChI=1S/C20H25N5O4.C4H8/c1-3-15(24(20(27)28)11-7-10-21)17-22-18-16(13(2)23-29-18)19(26)25(17)12-14-8-5-4-6-9-14;1-2-4-3-1/h4-6,8-9,15H,3,7,10-12,21H2,1-2H3,(H,27,28);1-4H2. The quantitative estimate of drug-likeness (QED) is 0.524. The molecule has 1 saturated carbocycles. The molecule has 1 aromatic carbocycles. The van der Waals surface area contributed by atoms with E-state index in [4.69, 9.17) is 10.3 Å². The van der Waals surface area contributed by atoms with Gasteiger partial charge in [-0.25, -0.2) is 4.79 Å². The molecule has 0 bridgehead atoms. The summed E-state index contributed by atoms with van der Waals surface area (Å²) in [6, 6.07) is 8.87. The van der Waals surface area contributed by atoms with Crippen molar-refractivity contribution in [1.82, 2.24) is 19.6 Å². The van der Waals surface area contributed by atoms with Gasteiger partial charge in [0.25, 0.3) is 11.3 Å². The lowest BCUT2D eigenvalue weighted by molar-refractivity contribution is 0.118. The van der Waals surface area contributed by atoms with E-state index in [1.165, 1.54) is 35.2 Å². The van der Waals surface area contributed by atoms with Crippen LogP contribution in [0, 0.1) is 6.92 Å². The first kappa shape index (κ1) is 24.4. The largest absolute Gasteiger partial charge is 0.465 e. The fourth-order valence-electron chi connectivity index (χ4n) is 3.70. The van der Waals surface area contributed by atoms with Gasteiger partial charge in [-0.15, -0.1) is 0 Å². The van der Waals surface area contributed by atoms with Gasteiger partial charge >= 0.3 is 6.09 Å². The van der Waals surface area contributed by atoms with Crippen LogP contribution in [-0.2, 0) is 6.54 Å². The minimum atomic E-state index is -1.08. The van der Waals surface area contributed by atoms with Crippen LogP contribution in [0.4, 0.5) is 4.79 Å². The Bertz CT molecular complexity index is 1100. The van der Waals surface area contributed by atoms with Gasteiger partial charge in [0, 0.05) is 6.54 Å². The van der Waals surface area contributed by atoms with E-state index in [1.54, 1.807) is 6.92 Å². The lowest BCUT2D eigenvalue weighted by Crippen LogP contribution is -2.39. The smallest absolute Gasteiger partial charge is 0.407 e. The Morgan fingerprint density at radius 2 is 1.91 bits per heavy atom. The van der Waals surface area contributed by atoms with E-state index >= 15 is 0 Å². The van der Waals surface area contributed by atoms with Gasteiger partial charge < -0.3 is 15.4 Å². The van der Waals surface area contributed by atoms with Crippen LogP contribution in [0.25, 0.3) is 11.1 Å². The number of rotatable bonds is 8. The summed E-state index contributed by atoms with van der Waals surface area (Å²) in [5, 5.41) is 13.9. The molecule has 0 aliphatic heterocycles. The van der Waals surface area contributed by atoms with Crippen molar-refractivity contribution in [3.05, 3.63) is 57.8 Å². The summed E-state index contributed by atoms with van der Waals surface area (Å²) >= 11 is 0. The Hall–Kier alpha value is -3.20. The molecule has 2 aromatic heterocycles. The summed E-state index contributed by atoms with van der Waals surface area (Å²) < 4.78 is 6.75. The number of aryl methyl sites for hydroxylation is 1. The van der Waals surface area contributed by atoms with Gasteiger partial charge in [-0.05, 0) is 31.9 Å². The van der Waals surface area contributed by atoms with E-state index in [0.29, 0.717) is 36.3 Å². The van der Waals surface area contributed by atoms with Crippen molar-refractivity contribution < 1.29 is 14.4 Å². The third-order valence-electron chi connectivity index (χ3n) is 5.89. The van der Waals surface area contributed by atoms with Crippen LogP contribution in [-0.4, -0.2) is 43.9 Å². The molecule has 33 heavy (non-hydrogen) atoms. The second-order valence-electron chi connectivity index (χ2n) is 8.25. The van der Waals surface area contributed by atoms with Crippen LogP contribution in [0.2, 0.25) is 0 Å². The molecule has 1 fully saturated rings. The maximum absolute atomic E-state index is 13.3. The van der Waals surface area contributed by atoms with Crippen molar-refractivity contribution in [3.63, 3.8) is 0 Å². The van der Waals surface area contributed by atoms with Crippen LogP contribution < -0.4 is 11.3 Å². The average molecular weight is 456 g/mol. The molecule has 0 spiro atoms. The molecule has 0 saturated heterocycles. The first-order valence-corrected chi connectivity index (χ1v) is 11.6. The van der Waals surface area contributed by atoms with Crippen molar-refractivity contribution in [3.8, 4) is 0 Å². The molecule has 9 heteroatoms. The number of amides is 1. The second kappa shape index (κ2) is 11.6. The van der Waals surface area contributed by atoms with Crippen LogP contribution in [0.3, 0.4) is 0 Å². The van der Waals surface area contributed by atoms with Gasteiger partial charge in [-0.3, -0.25) is 14.3 Å². The molecular formula is C24H33N5O4. The van der Waals surface area contributed by atoms with E-state index in [-0.39, 0.29) is 24.4 Å². The monoisotopic (exact) mass is 455 g/mol. The number of benzene rings is 1. The van der Waals surface area contributed by atoms with Crippen LogP contribution in [0.5, 0.6) is 0 Å². The maximum atomic E-state index is 13.3. The van der Waals surface area contributed by atoms with Gasteiger partial charge in [0.05, 0.1) is 18.3 Å². The lowest BCUT2D eigenvalue weighted by atomic mass is 10.0. The molecule has 1 aliphatic carbocycles. The minimum Gasteiger partial charge on any atom is -0.465 e. The molecule has 1 atom stereocenters. The summed E-state index contributed by atoms with van der Waals surface area (Å²) in [6.07, 6.45) is 5.87. The molecule has 1 unspecified atom stereocenters. The molecule has 3 N–H and O–H groups in total. The zero-order chi connectivity index (χ0) is 23.8. The molecule has 3 aromatic rings. The van der Waals surface area contributed by atoms with Gasteiger partial charge in [0.1, 0.15) is 11.2 Å². The SMILES string of the molecule is C1CCC1.CCC(c1nc2onc(C)c2c(=O)n1Cc1ccccc1)N(CCCN)C(=O)O. The summed E-state index contributed by atoms with van der Waals surface area (Å²) in [5.74, 6) is 0.337. The van der Waals surface area contributed by atoms with Crippen molar-refractivity contribution in [2.24, 2.45) is 5.73 Å². The fourth-order valence-corrected chi connectivity index (χ4v) is 3.70.